The number of carbonyl (C=O) groups is 1. The van der Waals surface area contributed by atoms with Crippen molar-refractivity contribution in [2.45, 2.75) is 45.3 Å². The van der Waals surface area contributed by atoms with Gasteiger partial charge in [-0.05, 0) is 0 Å². The Morgan fingerprint density at radius 2 is 2.24 bits per heavy atom. The fraction of sp³-hybridized carbons (Fsp3) is 0.786. The van der Waals surface area contributed by atoms with E-state index in [-0.39, 0.29) is 23.9 Å². The van der Waals surface area contributed by atoms with Crippen molar-refractivity contribution in [1.82, 2.24) is 15.0 Å². The van der Waals surface area contributed by atoms with Gasteiger partial charge in [0.15, 0.2) is 5.82 Å². The monoisotopic (exact) mass is 297 g/mol. The fourth-order valence-corrected chi connectivity index (χ4v) is 2.13. The van der Waals surface area contributed by atoms with Gasteiger partial charge in [-0.3, -0.25) is 9.69 Å². The second kappa shape index (κ2) is 6.53. The third-order valence-corrected chi connectivity index (χ3v) is 3.34. The number of carbonyl (C=O) groups excluding carboxylic acids is 1. The lowest BCUT2D eigenvalue weighted by Crippen LogP contribution is -2.42. The molecule has 1 aliphatic heterocycles. The van der Waals surface area contributed by atoms with E-state index in [9.17, 15) is 4.79 Å². The highest BCUT2D eigenvalue weighted by Crippen LogP contribution is 2.19. The van der Waals surface area contributed by atoms with Gasteiger partial charge in [0.2, 0.25) is 5.89 Å². The predicted octanol–water partition coefficient (Wildman–Crippen LogP) is 1.13. The largest absolute Gasteiger partial charge is 0.469 e. The Hall–Kier alpha value is -1.47. The van der Waals surface area contributed by atoms with E-state index < -0.39 is 0 Å². The van der Waals surface area contributed by atoms with Gasteiger partial charge in [0, 0.05) is 18.5 Å². The van der Waals surface area contributed by atoms with Crippen molar-refractivity contribution in [3.63, 3.8) is 0 Å². The predicted molar refractivity (Wildman–Crippen MR) is 74.6 cm³/mol. The summed E-state index contributed by atoms with van der Waals surface area (Å²) < 4.78 is 15.5. The first-order valence-electron chi connectivity index (χ1n) is 7.12. The minimum absolute atomic E-state index is 0.125. The van der Waals surface area contributed by atoms with Crippen molar-refractivity contribution >= 4 is 5.97 Å². The van der Waals surface area contributed by atoms with Crippen LogP contribution in [-0.2, 0) is 26.2 Å². The lowest BCUT2D eigenvalue weighted by atomic mass is 9.96. The minimum atomic E-state index is -0.255. The Balaban J connectivity index is 1.90. The molecule has 0 aliphatic carbocycles. The second-order valence-electron chi connectivity index (χ2n) is 6.27. The van der Waals surface area contributed by atoms with Crippen LogP contribution in [0.15, 0.2) is 4.52 Å². The maximum atomic E-state index is 11.3. The Kier molecular flexibility index (Phi) is 4.95. The number of hydrogen-bond donors (Lipinski definition) is 0. The molecule has 0 N–H and O–H groups in total. The summed E-state index contributed by atoms with van der Waals surface area (Å²) >= 11 is 0. The zero-order valence-corrected chi connectivity index (χ0v) is 13.1. The highest BCUT2D eigenvalue weighted by atomic mass is 16.5. The summed E-state index contributed by atoms with van der Waals surface area (Å²) in [6.07, 6.45) is 0.126. The molecule has 1 aromatic heterocycles. The molecule has 1 saturated heterocycles. The van der Waals surface area contributed by atoms with E-state index in [4.69, 9.17) is 9.26 Å². The maximum Gasteiger partial charge on any atom is 0.308 e. The summed E-state index contributed by atoms with van der Waals surface area (Å²) in [5.41, 5.74) is -0.125. The van der Waals surface area contributed by atoms with E-state index in [1.807, 2.05) is 20.8 Å². The van der Waals surface area contributed by atoms with Gasteiger partial charge < -0.3 is 14.0 Å². The number of nitrogens with zero attached hydrogens (tertiary/aromatic N) is 3. The molecule has 7 nitrogen and oxygen atoms in total. The molecule has 0 amide bonds. The van der Waals surface area contributed by atoms with Crippen molar-refractivity contribution in [1.29, 1.82) is 0 Å². The van der Waals surface area contributed by atoms with Gasteiger partial charge in [-0.25, -0.2) is 0 Å². The van der Waals surface area contributed by atoms with Gasteiger partial charge >= 0.3 is 5.97 Å². The third kappa shape index (κ3) is 4.50. The van der Waals surface area contributed by atoms with E-state index in [2.05, 4.69) is 19.8 Å². The summed E-state index contributed by atoms with van der Waals surface area (Å²) in [7, 11) is 1.38. The topological polar surface area (TPSA) is 77.7 Å². The second-order valence-corrected chi connectivity index (χ2v) is 6.27. The van der Waals surface area contributed by atoms with Crippen LogP contribution in [0.5, 0.6) is 0 Å². The number of methoxy groups -OCH3 is 1. The molecule has 0 aromatic carbocycles. The molecular formula is C14H23N3O4. The molecule has 21 heavy (non-hydrogen) atoms. The summed E-state index contributed by atoms with van der Waals surface area (Å²) in [5, 5.41) is 4.02. The van der Waals surface area contributed by atoms with Gasteiger partial charge in [-0.1, -0.05) is 25.9 Å². The molecule has 1 aliphatic rings. The van der Waals surface area contributed by atoms with Gasteiger partial charge in [0.1, 0.15) is 0 Å². The Morgan fingerprint density at radius 1 is 1.48 bits per heavy atom. The lowest BCUT2D eigenvalue weighted by Gasteiger charge is -2.31. The number of aromatic nitrogens is 2. The Labute approximate surface area is 124 Å². The fourth-order valence-electron chi connectivity index (χ4n) is 2.13. The highest BCUT2D eigenvalue weighted by Gasteiger charge is 2.26. The number of esters is 1. The Bertz CT molecular complexity index is 481. The van der Waals surface area contributed by atoms with Crippen LogP contribution in [0.4, 0.5) is 0 Å². The summed E-state index contributed by atoms with van der Waals surface area (Å²) in [5.74, 6) is 1.05. The summed E-state index contributed by atoms with van der Waals surface area (Å²) in [6.45, 7) is 8.73. The van der Waals surface area contributed by atoms with Crippen LogP contribution in [0, 0.1) is 0 Å². The molecule has 0 spiro atoms. The van der Waals surface area contributed by atoms with Crippen LogP contribution in [0.1, 0.15) is 38.9 Å². The number of ether oxygens (including phenoxy) is 2. The average Bonchev–Trinajstić information content (AvgIpc) is 2.87. The SMILES string of the molecule is COC(=O)CC1CN(Cc2nc(C(C)(C)C)no2)CCO1. The quantitative estimate of drug-likeness (QED) is 0.771. The highest BCUT2D eigenvalue weighted by molar-refractivity contribution is 5.69. The number of rotatable bonds is 4. The molecule has 0 radical (unpaired) electrons. The molecule has 2 heterocycles. The van der Waals surface area contributed by atoms with Gasteiger partial charge in [-0.2, -0.15) is 4.98 Å². The van der Waals surface area contributed by atoms with Gasteiger partial charge in [-0.15, -0.1) is 0 Å². The molecule has 7 heteroatoms. The molecular weight excluding hydrogens is 274 g/mol. The molecule has 1 fully saturated rings. The molecule has 2 rings (SSSR count). The van der Waals surface area contributed by atoms with Crippen LogP contribution in [0.25, 0.3) is 0 Å². The minimum Gasteiger partial charge on any atom is -0.469 e. The van der Waals surface area contributed by atoms with Crippen LogP contribution in [0.3, 0.4) is 0 Å². The van der Waals surface area contributed by atoms with E-state index in [1.54, 1.807) is 0 Å². The first kappa shape index (κ1) is 15.9. The molecule has 0 bridgehead atoms. The zero-order chi connectivity index (χ0) is 15.5. The molecule has 1 unspecified atom stereocenters. The van der Waals surface area contributed by atoms with Gasteiger partial charge in [0.05, 0.1) is 32.8 Å². The average molecular weight is 297 g/mol. The van der Waals surface area contributed by atoms with Crippen molar-refractivity contribution in [2.24, 2.45) is 0 Å². The standard InChI is InChI=1S/C14H23N3O4/c1-14(2,3)13-15-11(21-16-13)9-17-5-6-20-10(8-17)7-12(18)19-4/h10H,5-9H2,1-4H3. The summed E-state index contributed by atoms with van der Waals surface area (Å²) in [4.78, 5) is 17.9. The number of morpholine rings is 1. The van der Waals surface area contributed by atoms with E-state index in [1.165, 1.54) is 7.11 Å². The molecule has 118 valence electrons. The molecule has 0 saturated carbocycles. The van der Waals surface area contributed by atoms with Crippen molar-refractivity contribution in [3.8, 4) is 0 Å². The van der Waals surface area contributed by atoms with E-state index in [0.717, 1.165) is 6.54 Å². The van der Waals surface area contributed by atoms with E-state index in [0.29, 0.717) is 31.4 Å². The normalized spacial score (nSPS) is 20.5. The zero-order valence-electron chi connectivity index (χ0n) is 13.1. The van der Waals surface area contributed by atoms with Crippen molar-refractivity contribution < 1.29 is 18.8 Å². The van der Waals surface area contributed by atoms with E-state index >= 15 is 0 Å². The van der Waals surface area contributed by atoms with Crippen molar-refractivity contribution in [2.75, 3.05) is 26.8 Å². The Morgan fingerprint density at radius 3 is 2.86 bits per heavy atom. The first-order valence-corrected chi connectivity index (χ1v) is 7.12. The summed E-state index contributed by atoms with van der Waals surface area (Å²) in [6, 6.07) is 0. The van der Waals surface area contributed by atoms with Crippen LogP contribution in [-0.4, -0.2) is 53.9 Å². The smallest absolute Gasteiger partial charge is 0.308 e. The molecule has 1 aromatic rings. The molecule has 1 atom stereocenters. The number of hydrogen-bond acceptors (Lipinski definition) is 7. The van der Waals surface area contributed by atoms with Crippen molar-refractivity contribution in [3.05, 3.63) is 11.7 Å². The maximum absolute atomic E-state index is 11.3. The van der Waals surface area contributed by atoms with Crippen LogP contribution in [0.2, 0.25) is 0 Å². The third-order valence-electron chi connectivity index (χ3n) is 3.34. The van der Waals surface area contributed by atoms with Crippen LogP contribution >= 0.6 is 0 Å². The lowest BCUT2D eigenvalue weighted by molar-refractivity contribution is -0.145. The van der Waals surface area contributed by atoms with Gasteiger partial charge in [0.25, 0.3) is 0 Å². The first-order chi connectivity index (χ1) is 9.88. The van der Waals surface area contributed by atoms with Crippen LogP contribution < -0.4 is 0 Å².